The van der Waals surface area contributed by atoms with Crippen molar-refractivity contribution in [2.75, 3.05) is 13.1 Å². The minimum absolute atomic E-state index is 0.0639. The number of benzene rings is 2. The summed E-state index contributed by atoms with van der Waals surface area (Å²) in [6.07, 6.45) is -0.0639. The number of nitrogens with zero attached hydrogens (tertiary/aromatic N) is 1. The highest BCUT2D eigenvalue weighted by Crippen LogP contribution is 2.19. The van der Waals surface area contributed by atoms with Crippen molar-refractivity contribution in [2.24, 2.45) is 0 Å². The molecule has 134 valence electrons. The summed E-state index contributed by atoms with van der Waals surface area (Å²) in [6, 6.07) is 12.6. The molecule has 0 unspecified atom stereocenters. The maximum absolute atomic E-state index is 13.7. The van der Waals surface area contributed by atoms with Crippen LogP contribution >= 0.6 is 11.6 Å². The minimum atomic E-state index is -0.455. The number of carbonyl (C=O) groups is 1. The fourth-order valence-corrected chi connectivity index (χ4v) is 2.82. The van der Waals surface area contributed by atoms with Crippen molar-refractivity contribution >= 4 is 17.5 Å². The Bertz CT molecular complexity index is 679. The van der Waals surface area contributed by atoms with Crippen LogP contribution in [0.3, 0.4) is 0 Å². The molecule has 2 rings (SSSR count). The van der Waals surface area contributed by atoms with Crippen LogP contribution in [-0.4, -0.2) is 23.9 Å². The Hall–Kier alpha value is -1.91. The van der Waals surface area contributed by atoms with Crippen LogP contribution < -0.4 is 5.32 Å². The van der Waals surface area contributed by atoms with Crippen LogP contribution in [0.4, 0.5) is 4.39 Å². The van der Waals surface area contributed by atoms with Gasteiger partial charge in [0.15, 0.2) is 0 Å². The maximum Gasteiger partial charge on any atom is 0.224 e. The highest BCUT2D eigenvalue weighted by molar-refractivity contribution is 6.31. The number of carbonyl (C=O) groups excluding carboxylic acids is 1. The van der Waals surface area contributed by atoms with Crippen LogP contribution in [-0.2, 0) is 24.3 Å². The Balaban J connectivity index is 1.87. The first-order valence-corrected chi connectivity index (χ1v) is 8.91. The number of halogens is 2. The van der Waals surface area contributed by atoms with E-state index in [9.17, 15) is 9.18 Å². The molecule has 0 aromatic heterocycles. The largest absolute Gasteiger partial charge is 0.352 e. The fraction of sp³-hybridized carbons (Fsp3) is 0.350. The summed E-state index contributed by atoms with van der Waals surface area (Å²) >= 11 is 5.95. The standard InChI is InChI=1S/C20H24ClFN2O/c1-3-24(4-2)14-16-10-8-15(9-11-16)13-23-20(25)12-17-18(21)6-5-7-19(17)22/h5-11H,3-4,12-14H2,1-2H3,(H,23,25). The van der Waals surface area contributed by atoms with Crippen molar-refractivity contribution < 1.29 is 9.18 Å². The Morgan fingerprint density at radius 2 is 1.72 bits per heavy atom. The number of hydrogen-bond acceptors (Lipinski definition) is 2. The molecule has 1 N–H and O–H groups in total. The van der Waals surface area contributed by atoms with E-state index < -0.39 is 5.82 Å². The summed E-state index contributed by atoms with van der Waals surface area (Å²) in [5, 5.41) is 3.08. The van der Waals surface area contributed by atoms with E-state index in [2.05, 4.69) is 36.2 Å². The molecule has 0 spiro atoms. The van der Waals surface area contributed by atoms with Crippen LogP contribution in [0.5, 0.6) is 0 Å². The second kappa shape index (κ2) is 9.54. The Labute approximate surface area is 153 Å². The molecule has 0 aliphatic heterocycles. The smallest absolute Gasteiger partial charge is 0.224 e. The Kier molecular flexibility index (Phi) is 7.41. The molecular formula is C20H24ClFN2O. The average molecular weight is 363 g/mol. The maximum atomic E-state index is 13.7. The molecule has 0 bridgehead atoms. The monoisotopic (exact) mass is 362 g/mol. The van der Waals surface area contributed by atoms with Crippen molar-refractivity contribution in [3.05, 3.63) is 70.0 Å². The minimum Gasteiger partial charge on any atom is -0.352 e. The van der Waals surface area contributed by atoms with Crippen molar-refractivity contribution in [3.8, 4) is 0 Å². The van der Waals surface area contributed by atoms with Gasteiger partial charge in [-0.15, -0.1) is 0 Å². The quantitative estimate of drug-likeness (QED) is 0.764. The van der Waals surface area contributed by atoms with Gasteiger partial charge in [0.25, 0.3) is 0 Å². The van der Waals surface area contributed by atoms with E-state index in [0.29, 0.717) is 6.54 Å². The average Bonchev–Trinajstić information content (AvgIpc) is 2.62. The van der Waals surface area contributed by atoms with Gasteiger partial charge < -0.3 is 5.32 Å². The van der Waals surface area contributed by atoms with E-state index in [1.165, 1.54) is 17.7 Å². The van der Waals surface area contributed by atoms with Gasteiger partial charge in [-0.1, -0.05) is 55.8 Å². The zero-order chi connectivity index (χ0) is 18.2. The van der Waals surface area contributed by atoms with Crippen LogP contribution in [0, 0.1) is 5.82 Å². The Morgan fingerprint density at radius 3 is 2.32 bits per heavy atom. The summed E-state index contributed by atoms with van der Waals surface area (Å²) < 4.78 is 13.7. The zero-order valence-corrected chi connectivity index (χ0v) is 15.4. The van der Waals surface area contributed by atoms with Gasteiger partial charge in [-0.2, -0.15) is 0 Å². The van der Waals surface area contributed by atoms with Gasteiger partial charge in [0.2, 0.25) is 5.91 Å². The van der Waals surface area contributed by atoms with E-state index in [0.717, 1.165) is 25.2 Å². The highest BCUT2D eigenvalue weighted by Gasteiger charge is 2.11. The first-order valence-electron chi connectivity index (χ1n) is 8.53. The molecule has 0 saturated carbocycles. The number of nitrogens with one attached hydrogen (secondary N) is 1. The van der Waals surface area contributed by atoms with Gasteiger partial charge in [0.1, 0.15) is 5.82 Å². The first-order chi connectivity index (χ1) is 12.0. The molecule has 0 fully saturated rings. The van der Waals surface area contributed by atoms with Crippen molar-refractivity contribution in [1.29, 1.82) is 0 Å². The van der Waals surface area contributed by atoms with Crippen LogP contribution in [0.25, 0.3) is 0 Å². The van der Waals surface area contributed by atoms with Gasteiger partial charge in [-0.05, 0) is 36.3 Å². The van der Waals surface area contributed by atoms with Crippen molar-refractivity contribution in [1.82, 2.24) is 10.2 Å². The second-order valence-corrected chi connectivity index (χ2v) is 6.34. The van der Waals surface area contributed by atoms with Gasteiger partial charge in [-0.25, -0.2) is 4.39 Å². The molecule has 5 heteroatoms. The molecule has 25 heavy (non-hydrogen) atoms. The first kappa shape index (κ1) is 19.4. The van der Waals surface area contributed by atoms with E-state index in [1.54, 1.807) is 6.07 Å². The van der Waals surface area contributed by atoms with Crippen LogP contribution in [0.1, 0.15) is 30.5 Å². The number of hydrogen-bond donors (Lipinski definition) is 1. The third-order valence-corrected chi connectivity index (χ3v) is 4.57. The van der Waals surface area contributed by atoms with Gasteiger partial charge >= 0.3 is 0 Å². The van der Waals surface area contributed by atoms with Gasteiger partial charge in [0, 0.05) is 23.7 Å². The van der Waals surface area contributed by atoms with Crippen LogP contribution in [0.15, 0.2) is 42.5 Å². The highest BCUT2D eigenvalue weighted by atomic mass is 35.5. The predicted molar refractivity (Wildman–Crippen MR) is 100 cm³/mol. The molecule has 0 heterocycles. The summed E-state index contributed by atoms with van der Waals surface area (Å²) in [4.78, 5) is 14.4. The molecule has 0 aliphatic rings. The molecule has 0 aliphatic carbocycles. The van der Waals surface area contributed by atoms with Gasteiger partial charge in [0.05, 0.1) is 6.42 Å². The zero-order valence-electron chi connectivity index (χ0n) is 14.7. The SMILES string of the molecule is CCN(CC)Cc1ccc(CNC(=O)Cc2c(F)cccc2Cl)cc1. The lowest BCUT2D eigenvalue weighted by Gasteiger charge is -2.18. The molecule has 1 amide bonds. The van der Waals surface area contributed by atoms with E-state index >= 15 is 0 Å². The lowest BCUT2D eigenvalue weighted by molar-refractivity contribution is -0.120. The lowest BCUT2D eigenvalue weighted by Crippen LogP contribution is -2.25. The summed E-state index contributed by atoms with van der Waals surface area (Å²) in [5.41, 5.74) is 2.49. The second-order valence-electron chi connectivity index (χ2n) is 5.93. The molecule has 2 aromatic carbocycles. The fourth-order valence-electron chi connectivity index (χ4n) is 2.59. The van der Waals surface area contributed by atoms with E-state index in [1.807, 2.05) is 12.1 Å². The molecule has 0 saturated heterocycles. The van der Waals surface area contributed by atoms with Gasteiger partial charge in [-0.3, -0.25) is 9.69 Å². The van der Waals surface area contributed by atoms with Crippen molar-refractivity contribution in [2.45, 2.75) is 33.4 Å². The third kappa shape index (κ3) is 5.83. The summed E-state index contributed by atoms with van der Waals surface area (Å²) in [5.74, 6) is -0.706. The van der Waals surface area contributed by atoms with Crippen LogP contribution in [0.2, 0.25) is 5.02 Å². The molecular weight excluding hydrogens is 339 g/mol. The summed E-state index contributed by atoms with van der Waals surface area (Å²) in [6.45, 7) is 7.67. The lowest BCUT2D eigenvalue weighted by atomic mass is 10.1. The molecule has 3 nitrogen and oxygen atoms in total. The van der Waals surface area contributed by atoms with E-state index in [4.69, 9.17) is 11.6 Å². The van der Waals surface area contributed by atoms with Crippen molar-refractivity contribution in [3.63, 3.8) is 0 Å². The third-order valence-electron chi connectivity index (χ3n) is 4.21. The summed E-state index contributed by atoms with van der Waals surface area (Å²) in [7, 11) is 0. The molecule has 0 atom stereocenters. The Morgan fingerprint density at radius 1 is 1.08 bits per heavy atom. The van der Waals surface area contributed by atoms with E-state index in [-0.39, 0.29) is 22.9 Å². The topological polar surface area (TPSA) is 32.3 Å². The number of rotatable bonds is 8. The predicted octanol–water partition coefficient (Wildman–Crippen LogP) is 4.18. The molecule has 2 aromatic rings. The normalized spacial score (nSPS) is 10.9. The number of amides is 1. The molecule has 0 radical (unpaired) electrons.